The van der Waals surface area contributed by atoms with Crippen molar-refractivity contribution in [3.63, 3.8) is 0 Å². The highest BCUT2D eigenvalue weighted by Crippen LogP contribution is 2.10. The van der Waals surface area contributed by atoms with Crippen molar-refractivity contribution in [2.45, 2.75) is 51.0 Å². The molecule has 1 rings (SSSR count). The molecule has 2 N–H and O–H groups in total. The molecule has 0 fully saturated rings. The van der Waals surface area contributed by atoms with Crippen LogP contribution in [0.25, 0.3) is 0 Å². The quantitative estimate of drug-likeness (QED) is 0.761. The first-order chi connectivity index (χ1) is 9.03. The van der Waals surface area contributed by atoms with Crippen molar-refractivity contribution in [2.75, 3.05) is 11.9 Å². The van der Waals surface area contributed by atoms with Gasteiger partial charge in [-0.05, 0) is 19.3 Å². The van der Waals surface area contributed by atoms with Crippen molar-refractivity contribution in [3.8, 4) is 0 Å². The highest BCUT2D eigenvalue weighted by molar-refractivity contribution is 7.89. The smallest absolute Gasteiger partial charge is 0.243 e. The molecule has 0 aliphatic rings. The van der Waals surface area contributed by atoms with Crippen LogP contribution in [0.5, 0.6) is 0 Å². The molecule has 19 heavy (non-hydrogen) atoms. The number of rotatable bonds is 8. The molecule has 0 radical (unpaired) electrons. The van der Waals surface area contributed by atoms with Gasteiger partial charge in [-0.15, -0.1) is 0 Å². The van der Waals surface area contributed by atoms with E-state index in [0.717, 1.165) is 25.8 Å². The van der Waals surface area contributed by atoms with E-state index in [-0.39, 0.29) is 10.9 Å². The van der Waals surface area contributed by atoms with Crippen LogP contribution >= 0.6 is 0 Å². The molecule has 0 spiro atoms. The Hall–Kier alpha value is -1.21. The lowest BCUT2D eigenvalue weighted by Crippen LogP contribution is -2.34. The van der Waals surface area contributed by atoms with Crippen LogP contribution in [0, 0.1) is 0 Å². The highest BCUT2D eigenvalue weighted by Gasteiger charge is 2.18. The maximum atomic E-state index is 12.1. The van der Waals surface area contributed by atoms with Crippen molar-refractivity contribution < 1.29 is 8.42 Å². The average Bonchev–Trinajstić information content (AvgIpc) is 2.43. The maximum absolute atomic E-state index is 12.1. The summed E-state index contributed by atoms with van der Waals surface area (Å²) < 4.78 is 26.8. The minimum Gasteiger partial charge on any atom is -0.354 e. The molecule has 1 aromatic rings. The van der Waals surface area contributed by atoms with E-state index >= 15 is 0 Å². The third-order valence-corrected chi connectivity index (χ3v) is 4.25. The average molecular weight is 286 g/mol. The second kappa shape index (κ2) is 7.40. The van der Waals surface area contributed by atoms with Gasteiger partial charge in [-0.2, -0.15) is 0 Å². The van der Waals surface area contributed by atoms with E-state index in [2.05, 4.69) is 20.0 Å². The predicted octanol–water partition coefficient (Wildman–Crippen LogP) is 1.77. The van der Waals surface area contributed by atoms with Crippen LogP contribution in [-0.2, 0) is 10.0 Å². The number of sulfonamides is 1. The van der Waals surface area contributed by atoms with Crippen LogP contribution < -0.4 is 10.0 Å². The van der Waals surface area contributed by atoms with Crippen LogP contribution in [0.15, 0.2) is 17.3 Å². The highest BCUT2D eigenvalue weighted by atomic mass is 32.2. The molecule has 0 aromatic carbocycles. The van der Waals surface area contributed by atoms with Crippen LogP contribution in [-0.4, -0.2) is 31.0 Å². The molecule has 6 nitrogen and oxygen atoms in total. The molecule has 0 bridgehead atoms. The van der Waals surface area contributed by atoms with Gasteiger partial charge in [-0.25, -0.2) is 23.1 Å². The van der Waals surface area contributed by atoms with E-state index in [1.165, 1.54) is 12.4 Å². The maximum Gasteiger partial charge on any atom is 0.243 e. The number of aromatic nitrogens is 2. The number of hydrogen-bond donors (Lipinski definition) is 2. The Bertz CT molecular complexity index is 469. The van der Waals surface area contributed by atoms with Gasteiger partial charge in [0.25, 0.3) is 0 Å². The first kappa shape index (κ1) is 15.8. The third-order valence-electron chi connectivity index (χ3n) is 2.78. The summed E-state index contributed by atoms with van der Waals surface area (Å²) in [5.74, 6) is 0.448. The fraction of sp³-hybridized carbons (Fsp3) is 0.667. The molecule has 7 heteroatoms. The lowest BCUT2D eigenvalue weighted by atomic mass is 10.2. The van der Waals surface area contributed by atoms with Gasteiger partial charge in [-0.3, -0.25) is 0 Å². The summed E-state index contributed by atoms with van der Waals surface area (Å²) in [6.07, 6.45) is 5.13. The monoisotopic (exact) mass is 286 g/mol. The van der Waals surface area contributed by atoms with E-state index in [0.29, 0.717) is 5.95 Å². The largest absolute Gasteiger partial charge is 0.354 e. The van der Waals surface area contributed by atoms with Gasteiger partial charge in [0.05, 0.1) is 12.4 Å². The molecule has 0 aliphatic heterocycles. The summed E-state index contributed by atoms with van der Waals surface area (Å²) in [6.45, 7) is 6.69. The van der Waals surface area contributed by atoms with Gasteiger partial charge in [0.2, 0.25) is 16.0 Å². The number of anilines is 1. The van der Waals surface area contributed by atoms with Crippen molar-refractivity contribution >= 4 is 16.0 Å². The molecule has 0 amide bonds. The van der Waals surface area contributed by atoms with E-state index in [4.69, 9.17) is 0 Å². The Morgan fingerprint density at radius 2 is 1.74 bits per heavy atom. The molecule has 1 aromatic heterocycles. The van der Waals surface area contributed by atoms with Crippen LogP contribution in [0.1, 0.15) is 40.0 Å². The zero-order valence-corrected chi connectivity index (χ0v) is 12.5. The van der Waals surface area contributed by atoms with E-state index in [9.17, 15) is 8.42 Å². The van der Waals surface area contributed by atoms with E-state index in [1.54, 1.807) is 0 Å². The summed E-state index contributed by atoms with van der Waals surface area (Å²) in [4.78, 5) is 8.10. The molecule has 0 aliphatic carbocycles. The molecule has 1 heterocycles. The van der Waals surface area contributed by atoms with Gasteiger partial charge < -0.3 is 5.32 Å². The van der Waals surface area contributed by atoms with Gasteiger partial charge in [0, 0.05) is 12.6 Å². The Morgan fingerprint density at radius 3 is 2.21 bits per heavy atom. The van der Waals surface area contributed by atoms with Gasteiger partial charge in [0.15, 0.2) is 0 Å². The van der Waals surface area contributed by atoms with Crippen LogP contribution in [0.4, 0.5) is 5.95 Å². The topological polar surface area (TPSA) is 84.0 Å². The molecule has 0 atom stereocenters. The standard InChI is InChI=1S/C12H22N4O2S/c1-4-7-13-12-14-8-11(9-15-12)19(17,18)16-10(5-2)6-3/h8-10,16H,4-7H2,1-3H3,(H,13,14,15). The number of hydrogen-bond acceptors (Lipinski definition) is 5. The first-order valence-corrected chi connectivity index (χ1v) is 8.10. The normalized spacial score (nSPS) is 11.8. The minimum absolute atomic E-state index is 0.0529. The Morgan fingerprint density at radius 1 is 1.16 bits per heavy atom. The van der Waals surface area contributed by atoms with Crippen molar-refractivity contribution in [2.24, 2.45) is 0 Å². The first-order valence-electron chi connectivity index (χ1n) is 6.61. The number of nitrogens with zero attached hydrogens (tertiary/aromatic N) is 2. The summed E-state index contributed by atoms with van der Waals surface area (Å²) in [7, 11) is -3.52. The SMILES string of the molecule is CCCNc1ncc(S(=O)(=O)NC(CC)CC)cn1. The lowest BCUT2D eigenvalue weighted by Gasteiger charge is -2.14. The summed E-state index contributed by atoms with van der Waals surface area (Å²) in [5.41, 5.74) is 0. The zero-order valence-electron chi connectivity index (χ0n) is 11.7. The van der Waals surface area contributed by atoms with E-state index in [1.807, 2.05) is 20.8 Å². The molecular weight excluding hydrogens is 264 g/mol. The summed E-state index contributed by atoms with van der Waals surface area (Å²) >= 11 is 0. The molecular formula is C12H22N4O2S. The Labute approximate surface area is 115 Å². The van der Waals surface area contributed by atoms with Crippen molar-refractivity contribution in [3.05, 3.63) is 12.4 Å². The van der Waals surface area contributed by atoms with Crippen molar-refractivity contribution in [1.82, 2.24) is 14.7 Å². The van der Waals surface area contributed by atoms with Crippen LogP contribution in [0.3, 0.4) is 0 Å². The molecule has 108 valence electrons. The third kappa shape index (κ3) is 4.76. The minimum atomic E-state index is -3.52. The zero-order chi connectivity index (χ0) is 14.3. The lowest BCUT2D eigenvalue weighted by molar-refractivity contribution is 0.529. The van der Waals surface area contributed by atoms with Crippen LogP contribution in [0.2, 0.25) is 0 Å². The van der Waals surface area contributed by atoms with Gasteiger partial charge in [0.1, 0.15) is 4.90 Å². The molecule has 0 saturated carbocycles. The Balaban J connectivity index is 2.78. The van der Waals surface area contributed by atoms with Gasteiger partial charge in [-0.1, -0.05) is 20.8 Å². The second-order valence-corrected chi connectivity index (χ2v) is 6.02. The molecule has 0 unspecified atom stereocenters. The molecule has 0 saturated heterocycles. The Kier molecular flexibility index (Phi) is 6.17. The van der Waals surface area contributed by atoms with E-state index < -0.39 is 10.0 Å². The second-order valence-electron chi connectivity index (χ2n) is 4.30. The van der Waals surface area contributed by atoms with Crippen molar-refractivity contribution in [1.29, 1.82) is 0 Å². The number of nitrogens with one attached hydrogen (secondary N) is 2. The summed E-state index contributed by atoms with van der Waals surface area (Å²) in [5, 5.41) is 3.00. The fourth-order valence-corrected chi connectivity index (χ4v) is 2.82. The van der Waals surface area contributed by atoms with Gasteiger partial charge >= 0.3 is 0 Å². The summed E-state index contributed by atoms with van der Waals surface area (Å²) in [6, 6.07) is -0.0529. The predicted molar refractivity (Wildman–Crippen MR) is 75.5 cm³/mol. The fourth-order valence-electron chi connectivity index (χ4n) is 1.53.